The fourth-order valence-corrected chi connectivity index (χ4v) is 4.33. The van der Waals surface area contributed by atoms with Crippen LogP contribution in [0.4, 0.5) is 0 Å². The third kappa shape index (κ3) is 12.6. The number of rotatable bonds is 10. The second-order valence-corrected chi connectivity index (χ2v) is 19.3. The fraction of sp³-hybridized carbons (Fsp3) is 0.619. The average Bonchev–Trinajstić information content (AvgIpc) is 2.88. The molecule has 0 radical (unpaired) electrons. The summed E-state index contributed by atoms with van der Waals surface area (Å²) in [6.45, 7) is 44.7. The van der Waals surface area contributed by atoms with Crippen LogP contribution in [0.3, 0.4) is 0 Å². The van der Waals surface area contributed by atoms with Crippen molar-refractivity contribution in [3.05, 3.63) is 71.9 Å². The molecule has 0 heterocycles. The van der Waals surface area contributed by atoms with E-state index in [2.05, 4.69) is 65.0 Å². The lowest BCUT2D eigenvalue weighted by atomic mass is 9.74. The van der Waals surface area contributed by atoms with Crippen LogP contribution in [0.1, 0.15) is 125 Å². The Hall–Kier alpha value is -3.28. The zero-order chi connectivity index (χ0) is 37.8. The van der Waals surface area contributed by atoms with Crippen molar-refractivity contribution < 1.29 is 19.3 Å². The van der Waals surface area contributed by atoms with Crippen LogP contribution in [-0.4, -0.2) is 35.2 Å². The average molecular weight is 663 g/mol. The third-order valence-electron chi connectivity index (χ3n) is 8.20. The predicted octanol–water partition coefficient (Wildman–Crippen LogP) is 11.0. The Morgan fingerprint density at radius 3 is 0.958 bits per heavy atom. The highest BCUT2D eigenvalue weighted by Gasteiger charge is 2.35. The lowest BCUT2D eigenvalue weighted by molar-refractivity contribution is -0.114. The molecule has 0 aromatic heterocycles. The van der Waals surface area contributed by atoms with Gasteiger partial charge in [0.25, 0.3) is 0 Å². The van der Waals surface area contributed by atoms with Gasteiger partial charge in [-0.2, -0.15) is 0 Å². The SMILES string of the molecule is C=C(C(=O)/C(=C/C(ON=C1C=CC(=NOC(/C=C(/C(=O)C(=C)C(C)(C)C)C(C)(C)C)C(C)(C)C)C=C1)C(C)(C)C)C(C)(C)C)C(C)(C)C. The van der Waals surface area contributed by atoms with Crippen molar-refractivity contribution in [1.29, 1.82) is 0 Å². The summed E-state index contributed by atoms with van der Waals surface area (Å²) < 4.78 is 0. The summed E-state index contributed by atoms with van der Waals surface area (Å²) in [6.07, 6.45) is 10.1. The van der Waals surface area contributed by atoms with Crippen molar-refractivity contribution in [2.75, 3.05) is 0 Å². The molecule has 0 amide bonds. The molecule has 0 fully saturated rings. The zero-order valence-corrected chi connectivity index (χ0v) is 33.6. The van der Waals surface area contributed by atoms with E-state index in [0.717, 1.165) is 0 Å². The standard InChI is InChI=1S/C42H66N2O4/c1-27(37(3,4)5)35(45)31(39(9,10)11)25-33(41(15,16)17)47-43-29-21-23-30(24-22-29)44-48-34(42(18,19)20)26-32(40(12,13)14)36(46)28(2)38(6,7)8/h21-26,33-34H,1-2H2,3-20H3/b31-25-,32-26-,43-29?,44-30?. The van der Waals surface area contributed by atoms with Gasteiger partial charge >= 0.3 is 0 Å². The van der Waals surface area contributed by atoms with Gasteiger partial charge in [-0.3, -0.25) is 9.59 Å². The first-order valence-electron chi connectivity index (χ1n) is 17.0. The van der Waals surface area contributed by atoms with E-state index in [1.54, 1.807) is 0 Å². The van der Waals surface area contributed by atoms with Crippen molar-refractivity contribution >= 4 is 23.0 Å². The van der Waals surface area contributed by atoms with Crippen LogP contribution in [0.5, 0.6) is 0 Å². The van der Waals surface area contributed by atoms with E-state index in [9.17, 15) is 9.59 Å². The van der Waals surface area contributed by atoms with Crippen LogP contribution >= 0.6 is 0 Å². The first-order valence-corrected chi connectivity index (χ1v) is 17.0. The van der Waals surface area contributed by atoms with Gasteiger partial charge in [0.15, 0.2) is 23.8 Å². The Balaban J connectivity index is 3.38. The van der Waals surface area contributed by atoms with Gasteiger partial charge in [0.1, 0.15) is 11.4 Å². The van der Waals surface area contributed by atoms with Gasteiger partial charge in [-0.25, -0.2) is 0 Å². The Bertz CT molecular complexity index is 1290. The number of ketones is 2. The predicted molar refractivity (Wildman–Crippen MR) is 204 cm³/mol. The Morgan fingerprint density at radius 1 is 0.521 bits per heavy atom. The number of hydrogen-bond acceptors (Lipinski definition) is 6. The quantitative estimate of drug-likeness (QED) is 0.132. The highest BCUT2D eigenvalue weighted by Crippen LogP contribution is 2.38. The van der Waals surface area contributed by atoms with Gasteiger partial charge in [0.05, 0.1) is 0 Å². The molecule has 6 nitrogen and oxygen atoms in total. The minimum atomic E-state index is -0.468. The molecule has 0 saturated heterocycles. The number of oxime groups is 2. The summed E-state index contributed by atoms with van der Waals surface area (Å²) in [5.74, 6) is -0.110. The maximum Gasteiger partial charge on any atom is 0.185 e. The molecule has 0 aromatic carbocycles. The molecule has 2 atom stereocenters. The van der Waals surface area contributed by atoms with Crippen LogP contribution in [0.25, 0.3) is 0 Å². The van der Waals surface area contributed by atoms with Crippen molar-refractivity contribution in [3.8, 4) is 0 Å². The monoisotopic (exact) mass is 663 g/mol. The molecule has 0 bridgehead atoms. The summed E-state index contributed by atoms with van der Waals surface area (Å²) in [6, 6.07) is 0. The molecule has 2 unspecified atom stereocenters. The van der Waals surface area contributed by atoms with Crippen molar-refractivity contribution in [2.24, 2.45) is 42.8 Å². The molecular weight excluding hydrogens is 596 g/mol. The van der Waals surface area contributed by atoms with Crippen molar-refractivity contribution in [1.82, 2.24) is 0 Å². The molecule has 0 N–H and O–H groups in total. The molecule has 1 aliphatic rings. The molecule has 1 rings (SSSR count). The lowest BCUT2D eigenvalue weighted by Gasteiger charge is -2.32. The van der Waals surface area contributed by atoms with Crippen molar-refractivity contribution in [3.63, 3.8) is 0 Å². The topological polar surface area (TPSA) is 77.3 Å². The van der Waals surface area contributed by atoms with E-state index < -0.39 is 23.0 Å². The number of allylic oxidation sites excluding steroid dienone is 8. The largest absolute Gasteiger partial charge is 0.387 e. The molecule has 0 aromatic rings. The smallest absolute Gasteiger partial charge is 0.185 e. The van der Waals surface area contributed by atoms with Gasteiger partial charge in [0, 0.05) is 22.0 Å². The van der Waals surface area contributed by atoms with E-state index in [1.165, 1.54) is 0 Å². The maximum atomic E-state index is 13.6. The van der Waals surface area contributed by atoms with Gasteiger partial charge in [0.2, 0.25) is 0 Å². The molecule has 0 saturated carbocycles. The van der Waals surface area contributed by atoms with Crippen molar-refractivity contribution in [2.45, 2.75) is 137 Å². The number of carbonyl (C=O) groups excluding carboxylic acids is 2. The second-order valence-electron chi connectivity index (χ2n) is 19.3. The summed E-state index contributed by atoms with van der Waals surface area (Å²) in [7, 11) is 0. The highest BCUT2D eigenvalue weighted by molar-refractivity contribution is 6.18. The molecule has 48 heavy (non-hydrogen) atoms. The van der Waals surface area contributed by atoms with Gasteiger partial charge < -0.3 is 9.68 Å². The Labute approximate surface area is 293 Å². The first kappa shape index (κ1) is 42.7. The van der Waals surface area contributed by atoms with Crippen LogP contribution in [0.15, 0.2) is 82.2 Å². The molecule has 0 spiro atoms. The Morgan fingerprint density at radius 2 is 0.771 bits per heavy atom. The lowest BCUT2D eigenvalue weighted by Crippen LogP contribution is -2.31. The maximum absolute atomic E-state index is 13.6. The second kappa shape index (κ2) is 15.1. The minimum Gasteiger partial charge on any atom is -0.387 e. The van der Waals surface area contributed by atoms with E-state index in [4.69, 9.17) is 9.68 Å². The van der Waals surface area contributed by atoms with E-state index in [1.807, 2.05) is 120 Å². The number of carbonyl (C=O) groups is 2. The van der Waals surface area contributed by atoms with Gasteiger partial charge in [-0.05, 0) is 69.3 Å². The third-order valence-corrected chi connectivity index (χ3v) is 8.20. The Kier molecular flexibility index (Phi) is 13.4. The zero-order valence-electron chi connectivity index (χ0n) is 33.6. The summed E-state index contributed by atoms with van der Waals surface area (Å²) in [5, 5.41) is 8.89. The summed E-state index contributed by atoms with van der Waals surface area (Å²) in [5.41, 5.74) is 1.45. The molecule has 1 aliphatic carbocycles. The molecule has 6 heteroatoms. The van der Waals surface area contributed by atoms with Crippen LogP contribution in [0.2, 0.25) is 0 Å². The van der Waals surface area contributed by atoms with Crippen LogP contribution < -0.4 is 0 Å². The van der Waals surface area contributed by atoms with Gasteiger partial charge in [-0.1, -0.05) is 148 Å². The van der Waals surface area contributed by atoms with Crippen LogP contribution in [0, 0.1) is 32.5 Å². The first-order chi connectivity index (χ1) is 21.3. The summed E-state index contributed by atoms with van der Waals surface area (Å²) >= 11 is 0. The fourth-order valence-electron chi connectivity index (χ4n) is 4.33. The summed E-state index contributed by atoms with van der Waals surface area (Å²) in [4.78, 5) is 39.4. The number of nitrogens with zero attached hydrogens (tertiary/aromatic N) is 2. The normalized spacial score (nSPS) is 16.7. The van der Waals surface area contributed by atoms with E-state index in [0.29, 0.717) is 33.7 Å². The molecule has 268 valence electrons. The van der Waals surface area contributed by atoms with Crippen LogP contribution in [-0.2, 0) is 19.3 Å². The highest BCUT2D eigenvalue weighted by atomic mass is 16.6. The van der Waals surface area contributed by atoms with E-state index in [-0.39, 0.29) is 33.2 Å². The minimum absolute atomic E-state index is 0.0552. The van der Waals surface area contributed by atoms with Gasteiger partial charge in [-0.15, -0.1) is 0 Å². The van der Waals surface area contributed by atoms with E-state index >= 15 is 0 Å². The molecular formula is C42H66N2O4. The number of hydrogen-bond donors (Lipinski definition) is 0. The molecule has 0 aliphatic heterocycles. The number of Topliss-reactive ketones (excluding diaryl/α,β-unsaturated/α-hetero) is 2.